The highest BCUT2D eigenvalue weighted by molar-refractivity contribution is 5.82. The van der Waals surface area contributed by atoms with Gasteiger partial charge in [-0.15, -0.1) is 0 Å². The zero-order valence-corrected chi connectivity index (χ0v) is 12.4. The predicted molar refractivity (Wildman–Crippen MR) is 89.1 cm³/mol. The Balaban J connectivity index is 2.27. The number of rotatable bonds is 3. The van der Waals surface area contributed by atoms with Crippen molar-refractivity contribution in [2.75, 3.05) is 5.73 Å². The van der Waals surface area contributed by atoms with Gasteiger partial charge in [-0.05, 0) is 43.7 Å². The molecule has 0 bridgehead atoms. The van der Waals surface area contributed by atoms with Crippen molar-refractivity contribution >= 4 is 16.7 Å². The summed E-state index contributed by atoms with van der Waals surface area (Å²) in [6, 6.07) is 14.2. The summed E-state index contributed by atoms with van der Waals surface area (Å²) in [4.78, 5) is 4.80. The summed E-state index contributed by atoms with van der Waals surface area (Å²) in [5.74, 6) is 0.936. The number of imidazole rings is 1. The fourth-order valence-corrected chi connectivity index (χ4v) is 2.57. The third-order valence-electron chi connectivity index (χ3n) is 3.48. The number of hydrogen-bond donors (Lipinski definition) is 1. The van der Waals surface area contributed by atoms with Gasteiger partial charge in [-0.1, -0.05) is 30.4 Å². The number of nitrogen functional groups attached to an aromatic ring is 1. The van der Waals surface area contributed by atoms with Crippen LogP contribution in [0.5, 0.6) is 0 Å². The molecule has 0 saturated carbocycles. The second kappa shape index (κ2) is 5.09. The molecular weight excluding hydrogens is 258 g/mol. The van der Waals surface area contributed by atoms with Crippen LogP contribution >= 0.6 is 0 Å². The van der Waals surface area contributed by atoms with Crippen molar-refractivity contribution in [3.8, 4) is 11.4 Å². The number of benzene rings is 2. The first-order valence-electron chi connectivity index (χ1n) is 7.02. The number of aromatic nitrogens is 2. The minimum absolute atomic E-state index is 0.748. The van der Waals surface area contributed by atoms with E-state index in [1.807, 2.05) is 31.2 Å². The molecule has 0 saturated heterocycles. The summed E-state index contributed by atoms with van der Waals surface area (Å²) in [6.45, 7) is 8.90. The van der Waals surface area contributed by atoms with E-state index >= 15 is 0 Å². The average Bonchev–Trinajstić information content (AvgIpc) is 2.76. The zero-order valence-electron chi connectivity index (χ0n) is 12.4. The molecule has 1 heterocycles. The predicted octanol–water partition coefficient (Wildman–Crippen LogP) is 4.17. The molecule has 106 valence electrons. The number of nitrogens with zero attached hydrogens (tertiary/aromatic N) is 2. The second-order valence-corrected chi connectivity index (χ2v) is 5.60. The van der Waals surface area contributed by atoms with Gasteiger partial charge in [0.15, 0.2) is 0 Å². The standard InChI is InChI=1S/C18H19N3/c1-12(2)11-21-17-8-7-13(3)9-16(17)20-18(21)14-5-4-6-15(19)10-14/h4-10H,1,11,19H2,2-3H3. The van der Waals surface area contributed by atoms with E-state index in [4.69, 9.17) is 10.7 Å². The van der Waals surface area contributed by atoms with Gasteiger partial charge in [0.05, 0.1) is 11.0 Å². The minimum Gasteiger partial charge on any atom is -0.399 e. The highest BCUT2D eigenvalue weighted by Crippen LogP contribution is 2.27. The van der Waals surface area contributed by atoms with Gasteiger partial charge in [-0.25, -0.2) is 4.98 Å². The van der Waals surface area contributed by atoms with Crippen molar-refractivity contribution in [1.29, 1.82) is 0 Å². The maximum absolute atomic E-state index is 5.91. The van der Waals surface area contributed by atoms with Crippen LogP contribution in [0.3, 0.4) is 0 Å². The van der Waals surface area contributed by atoms with Crippen LogP contribution in [0.1, 0.15) is 12.5 Å². The Hall–Kier alpha value is -2.55. The summed E-state index contributed by atoms with van der Waals surface area (Å²) in [5, 5.41) is 0. The third-order valence-corrected chi connectivity index (χ3v) is 3.48. The first-order valence-corrected chi connectivity index (χ1v) is 7.02. The molecule has 3 rings (SSSR count). The highest BCUT2D eigenvalue weighted by Gasteiger charge is 2.13. The van der Waals surface area contributed by atoms with Crippen LogP contribution in [0.4, 0.5) is 5.69 Å². The number of hydrogen-bond acceptors (Lipinski definition) is 2. The molecule has 3 nitrogen and oxygen atoms in total. The van der Waals surface area contributed by atoms with Crippen LogP contribution in [0.2, 0.25) is 0 Å². The van der Waals surface area contributed by atoms with E-state index in [2.05, 4.69) is 36.3 Å². The van der Waals surface area contributed by atoms with Crippen molar-refractivity contribution in [1.82, 2.24) is 9.55 Å². The Morgan fingerprint density at radius 2 is 2.05 bits per heavy atom. The summed E-state index contributed by atoms with van der Waals surface area (Å²) in [7, 11) is 0. The van der Waals surface area contributed by atoms with Crippen molar-refractivity contribution in [2.24, 2.45) is 0 Å². The first kappa shape index (κ1) is 13.4. The molecule has 2 aromatic carbocycles. The molecule has 1 aromatic heterocycles. The Labute approximate surface area is 124 Å². The van der Waals surface area contributed by atoms with Gasteiger partial charge in [0.2, 0.25) is 0 Å². The van der Waals surface area contributed by atoms with Gasteiger partial charge in [-0.3, -0.25) is 0 Å². The van der Waals surface area contributed by atoms with Crippen LogP contribution in [0.25, 0.3) is 22.4 Å². The molecule has 0 radical (unpaired) electrons. The summed E-state index contributed by atoms with van der Waals surface area (Å²) >= 11 is 0. The van der Waals surface area contributed by atoms with E-state index in [9.17, 15) is 0 Å². The molecule has 0 amide bonds. The smallest absolute Gasteiger partial charge is 0.141 e. The van der Waals surface area contributed by atoms with Gasteiger partial charge in [0, 0.05) is 17.8 Å². The monoisotopic (exact) mass is 277 g/mol. The molecule has 3 heteroatoms. The van der Waals surface area contributed by atoms with Gasteiger partial charge < -0.3 is 10.3 Å². The molecule has 0 aliphatic rings. The number of anilines is 1. The van der Waals surface area contributed by atoms with Crippen molar-refractivity contribution in [3.63, 3.8) is 0 Å². The van der Waals surface area contributed by atoms with E-state index in [-0.39, 0.29) is 0 Å². The lowest BCUT2D eigenvalue weighted by Gasteiger charge is -2.09. The molecule has 0 unspecified atom stereocenters. The summed E-state index contributed by atoms with van der Waals surface area (Å²) in [6.07, 6.45) is 0. The van der Waals surface area contributed by atoms with Crippen LogP contribution in [-0.2, 0) is 6.54 Å². The van der Waals surface area contributed by atoms with Crippen LogP contribution in [-0.4, -0.2) is 9.55 Å². The fraction of sp³-hybridized carbons (Fsp3) is 0.167. The van der Waals surface area contributed by atoms with Crippen molar-refractivity contribution in [2.45, 2.75) is 20.4 Å². The normalized spacial score (nSPS) is 11.0. The molecule has 0 atom stereocenters. The van der Waals surface area contributed by atoms with Gasteiger partial charge in [-0.2, -0.15) is 0 Å². The topological polar surface area (TPSA) is 43.8 Å². The van der Waals surface area contributed by atoms with Gasteiger partial charge >= 0.3 is 0 Å². The van der Waals surface area contributed by atoms with E-state index in [0.29, 0.717) is 0 Å². The molecule has 0 aliphatic carbocycles. The van der Waals surface area contributed by atoms with Crippen LogP contribution < -0.4 is 5.73 Å². The molecule has 2 N–H and O–H groups in total. The summed E-state index contributed by atoms with van der Waals surface area (Å²) in [5.41, 5.74) is 12.1. The maximum atomic E-state index is 5.91. The third kappa shape index (κ3) is 2.55. The first-order chi connectivity index (χ1) is 10.0. The lowest BCUT2D eigenvalue weighted by molar-refractivity contribution is 0.820. The van der Waals surface area contributed by atoms with E-state index in [1.54, 1.807) is 0 Å². The average molecular weight is 277 g/mol. The molecule has 0 spiro atoms. The van der Waals surface area contributed by atoms with Gasteiger partial charge in [0.25, 0.3) is 0 Å². The van der Waals surface area contributed by atoms with E-state index < -0.39 is 0 Å². The fourth-order valence-electron chi connectivity index (χ4n) is 2.57. The van der Waals surface area contributed by atoms with Crippen LogP contribution in [0, 0.1) is 6.92 Å². The maximum Gasteiger partial charge on any atom is 0.141 e. The quantitative estimate of drug-likeness (QED) is 0.577. The zero-order chi connectivity index (χ0) is 15.0. The largest absolute Gasteiger partial charge is 0.399 e. The van der Waals surface area contributed by atoms with Crippen molar-refractivity contribution in [3.05, 3.63) is 60.2 Å². The second-order valence-electron chi connectivity index (χ2n) is 5.60. The Bertz CT molecular complexity index is 828. The Morgan fingerprint density at radius 3 is 2.76 bits per heavy atom. The number of fused-ring (bicyclic) bond motifs is 1. The number of nitrogens with two attached hydrogens (primary N) is 1. The number of aryl methyl sites for hydroxylation is 1. The van der Waals surface area contributed by atoms with Gasteiger partial charge in [0.1, 0.15) is 5.82 Å². The summed E-state index contributed by atoms with van der Waals surface area (Å²) < 4.78 is 2.20. The Kier molecular flexibility index (Phi) is 3.26. The van der Waals surface area contributed by atoms with E-state index in [1.165, 1.54) is 5.56 Å². The molecule has 21 heavy (non-hydrogen) atoms. The van der Waals surface area contributed by atoms with Crippen LogP contribution in [0.15, 0.2) is 54.6 Å². The Morgan fingerprint density at radius 1 is 1.24 bits per heavy atom. The minimum atomic E-state index is 0.748. The molecular formula is C18H19N3. The lowest BCUT2D eigenvalue weighted by atomic mass is 10.2. The SMILES string of the molecule is C=C(C)Cn1c(-c2cccc(N)c2)nc2cc(C)ccc21. The van der Waals surface area contributed by atoms with E-state index in [0.717, 1.165) is 40.2 Å². The molecule has 3 aromatic rings. The number of allylic oxidation sites excluding steroid dienone is 1. The molecule has 0 fully saturated rings. The molecule has 0 aliphatic heterocycles. The van der Waals surface area contributed by atoms with Crippen molar-refractivity contribution < 1.29 is 0 Å². The lowest BCUT2D eigenvalue weighted by Crippen LogP contribution is -2.01. The highest BCUT2D eigenvalue weighted by atomic mass is 15.1.